The highest BCUT2D eigenvalue weighted by molar-refractivity contribution is 8.25. The zero-order valence-electron chi connectivity index (χ0n) is 15.8. The topological polar surface area (TPSA) is 134 Å². The van der Waals surface area contributed by atoms with Gasteiger partial charge in [-0.1, -0.05) is 18.2 Å². The number of carbonyl (C=O) groups is 1. The standard InChI is InChI=1S/C19H23F2N3O5S/c20-12-5-11(6-13(21)8-12)7-16(23-19(26)27)18(25)9-22-17-10-30(28,29)24-15-4-2-1-3-14(15)17/h1-6,8,16-18,22-25,28-29H,7,9-10H2,(H,26,27)/t16-,17?,18+/m0/s1. The Labute approximate surface area is 173 Å². The molecule has 1 unspecified atom stereocenters. The second-order valence-corrected chi connectivity index (χ2v) is 8.96. The Hall–Kier alpha value is -2.44. The molecule has 1 heterocycles. The monoisotopic (exact) mass is 443 g/mol. The summed E-state index contributed by atoms with van der Waals surface area (Å²) in [5, 5.41) is 24.8. The Bertz CT molecular complexity index is 897. The van der Waals surface area contributed by atoms with Gasteiger partial charge in [0.15, 0.2) is 0 Å². The zero-order chi connectivity index (χ0) is 21.9. The summed E-state index contributed by atoms with van der Waals surface area (Å²) in [4.78, 5) is 11.1. The van der Waals surface area contributed by atoms with Gasteiger partial charge in [0.2, 0.25) is 0 Å². The van der Waals surface area contributed by atoms with E-state index < -0.39 is 46.7 Å². The molecule has 1 aliphatic rings. The van der Waals surface area contributed by atoms with E-state index in [9.17, 15) is 27.8 Å². The highest BCUT2D eigenvalue weighted by Gasteiger charge is 2.30. The Kier molecular flexibility index (Phi) is 6.78. The summed E-state index contributed by atoms with van der Waals surface area (Å²) in [5.74, 6) is -1.64. The van der Waals surface area contributed by atoms with Crippen molar-refractivity contribution in [1.82, 2.24) is 10.6 Å². The average molecular weight is 443 g/mol. The largest absolute Gasteiger partial charge is 0.465 e. The van der Waals surface area contributed by atoms with Crippen LogP contribution in [0.2, 0.25) is 0 Å². The van der Waals surface area contributed by atoms with Crippen LogP contribution in [0.1, 0.15) is 17.2 Å². The van der Waals surface area contributed by atoms with Crippen LogP contribution >= 0.6 is 10.8 Å². The third-order valence-electron chi connectivity index (χ3n) is 4.73. The van der Waals surface area contributed by atoms with Crippen molar-refractivity contribution in [2.24, 2.45) is 0 Å². The third kappa shape index (κ3) is 5.80. The normalized spacial score (nSPS) is 20.4. The van der Waals surface area contributed by atoms with Crippen LogP contribution < -0.4 is 15.4 Å². The maximum absolute atomic E-state index is 13.4. The van der Waals surface area contributed by atoms with Crippen molar-refractivity contribution in [1.29, 1.82) is 0 Å². The lowest BCUT2D eigenvalue weighted by Gasteiger charge is -2.42. The number of anilines is 1. The fraction of sp³-hybridized carbons (Fsp3) is 0.316. The molecule has 164 valence electrons. The van der Waals surface area contributed by atoms with Crippen LogP contribution in [0.3, 0.4) is 0 Å². The van der Waals surface area contributed by atoms with Crippen molar-refractivity contribution in [3.63, 3.8) is 0 Å². The van der Waals surface area contributed by atoms with Crippen molar-refractivity contribution < 1.29 is 32.9 Å². The molecule has 2 aromatic rings. The smallest absolute Gasteiger partial charge is 0.404 e. The molecule has 7 N–H and O–H groups in total. The number of amides is 1. The summed E-state index contributed by atoms with van der Waals surface area (Å²) in [6, 6.07) is 8.31. The first-order chi connectivity index (χ1) is 14.1. The van der Waals surface area contributed by atoms with Crippen LogP contribution in [-0.4, -0.2) is 49.9 Å². The van der Waals surface area contributed by atoms with Crippen molar-refractivity contribution in [3.05, 3.63) is 65.2 Å². The minimum Gasteiger partial charge on any atom is -0.465 e. The van der Waals surface area contributed by atoms with Gasteiger partial charge in [-0.15, -0.1) is 10.8 Å². The SMILES string of the molecule is O=C(O)N[C@@H](Cc1cc(F)cc(F)c1)[C@H](O)CNC1CS(O)(O)Nc2ccccc21. The van der Waals surface area contributed by atoms with E-state index in [-0.39, 0.29) is 24.3 Å². The minimum absolute atomic E-state index is 0.0388. The predicted octanol–water partition coefficient (Wildman–Crippen LogP) is 2.93. The Morgan fingerprint density at radius 1 is 1.20 bits per heavy atom. The average Bonchev–Trinajstić information content (AvgIpc) is 2.63. The van der Waals surface area contributed by atoms with Crippen LogP contribution in [0.15, 0.2) is 42.5 Å². The molecule has 1 aliphatic heterocycles. The number of halogens is 2. The number of nitrogens with one attached hydrogen (secondary N) is 3. The van der Waals surface area contributed by atoms with E-state index in [0.29, 0.717) is 11.8 Å². The van der Waals surface area contributed by atoms with E-state index in [1.165, 1.54) is 0 Å². The van der Waals surface area contributed by atoms with Crippen LogP contribution in [0.5, 0.6) is 0 Å². The molecule has 2 aromatic carbocycles. The second-order valence-electron chi connectivity index (χ2n) is 7.09. The number of aliphatic hydroxyl groups is 1. The zero-order valence-corrected chi connectivity index (χ0v) is 16.6. The van der Waals surface area contributed by atoms with Gasteiger partial charge in [0.25, 0.3) is 0 Å². The highest BCUT2D eigenvalue weighted by Crippen LogP contribution is 2.48. The minimum atomic E-state index is -3.08. The fourth-order valence-corrected chi connectivity index (χ4v) is 4.82. The van der Waals surface area contributed by atoms with Gasteiger partial charge in [-0.2, -0.15) is 0 Å². The summed E-state index contributed by atoms with van der Waals surface area (Å²) >= 11 is 0. The van der Waals surface area contributed by atoms with E-state index in [2.05, 4.69) is 15.4 Å². The number of hydrogen-bond donors (Lipinski definition) is 7. The summed E-state index contributed by atoms with van der Waals surface area (Å²) in [6.07, 6.45) is -2.78. The quantitative estimate of drug-likeness (QED) is 0.350. The van der Waals surface area contributed by atoms with Crippen molar-refractivity contribution in [3.8, 4) is 0 Å². The van der Waals surface area contributed by atoms with Crippen molar-refractivity contribution in [2.45, 2.75) is 24.6 Å². The molecule has 30 heavy (non-hydrogen) atoms. The summed E-state index contributed by atoms with van der Waals surface area (Å²) in [5.41, 5.74) is 1.50. The summed E-state index contributed by atoms with van der Waals surface area (Å²) < 4.78 is 49.8. The van der Waals surface area contributed by atoms with Crippen LogP contribution in [0.25, 0.3) is 0 Å². The van der Waals surface area contributed by atoms with Gasteiger partial charge >= 0.3 is 6.09 Å². The van der Waals surface area contributed by atoms with E-state index in [1.54, 1.807) is 24.3 Å². The Morgan fingerprint density at radius 2 is 1.87 bits per heavy atom. The first-order valence-corrected chi connectivity index (χ1v) is 10.8. The molecule has 1 amide bonds. The Morgan fingerprint density at radius 3 is 2.53 bits per heavy atom. The molecule has 0 aromatic heterocycles. The molecular weight excluding hydrogens is 420 g/mol. The molecular formula is C19H23F2N3O5S. The van der Waals surface area contributed by atoms with E-state index in [0.717, 1.165) is 17.7 Å². The summed E-state index contributed by atoms with van der Waals surface area (Å²) in [7, 11) is -3.08. The molecule has 0 aliphatic carbocycles. The van der Waals surface area contributed by atoms with Gasteiger partial charge in [-0.05, 0) is 35.7 Å². The molecule has 3 atom stereocenters. The number of hydrogen-bond acceptors (Lipinski definition) is 6. The molecule has 0 saturated carbocycles. The predicted molar refractivity (Wildman–Crippen MR) is 110 cm³/mol. The number of aliphatic hydroxyl groups excluding tert-OH is 1. The second kappa shape index (κ2) is 9.14. The number of rotatable bonds is 7. The lowest BCUT2D eigenvalue weighted by molar-refractivity contribution is 0.115. The lowest BCUT2D eigenvalue weighted by atomic mass is 10.00. The van der Waals surface area contributed by atoms with E-state index >= 15 is 0 Å². The molecule has 0 radical (unpaired) electrons. The van der Waals surface area contributed by atoms with Gasteiger partial charge < -0.3 is 20.8 Å². The van der Waals surface area contributed by atoms with Gasteiger partial charge in [-0.25, -0.2) is 13.6 Å². The number of fused-ring (bicyclic) bond motifs is 1. The van der Waals surface area contributed by atoms with E-state index in [1.807, 2.05) is 0 Å². The molecule has 0 fully saturated rings. The maximum atomic E-state index is 13.4. The van der Waals surface area contributed by atoms with Gasteiger partial charge in [-0.3, -0.25) is 13.8 Å². The van der Waals surface area contributed by atoms with Gasteiger partial charge in [0, 0.05) is 12.6 Å². The first-order valence-electron chi connectivity index (χ1n) is 9.11. The number of para-hydroxylation sites is 1. The Balaban J connectivity index is 1.71. The van der Waals surface area contributed by atoms with Crippen molar-refractivity contribution >= 4 is 22.6 Å². The molecule has 11 heteroatoms. The highest BCUT2D eigenvalue weighted by atomic mass is 32.3. The summed E-state index contributed by atoms with van der Waals surface area (Å²) in [6.45, 7) is -0.0999. The molecule has 0 spiro atoms. The number of benzene rings is 2. The molecule has 0 saturated heterocycles. The van der Waals surface area contributed by atoms with Gasteiger partial charge in [0.1, 0.15) is 11.6 Å². The lowest BCUT2D eigenvalue weighted by Crippen LogP contribution is -2.49. The number of carboxylic acid groups (broad SMARTS) is 1. The van der Waals surface area contributed by atoms with Crippen LogP contribution in [0, 0.1) is 11.6 Å². The fourth-order valence-electron chi connectivity index (χ4n) is 3.43. The first kappa shape index (κ1) is 22.2. The van der Waals surface area contributed by atoms with E-state index in [4.69, 9.17) is 5.11 Å². The van der Waals surface area contributed by atoms with Crippen molar-refractivity contribution in [2.75, 3.05) is 17.0 Å². The maximum Gasteiger partial charge on any atom is 0.404 e. The van der Waals surface area contributed by atoms with Crippen LogP contribution in [0.4, 0.5) is 19.3 Å². The molecule has 8 nitrogen and oxygen atoms in total. The van der Waals surface area contributed by atoms with Gasteiger partial charge in [0.05, 0.1) is 29.6 Å². The third-order valence-corrected chi connectivity index (χ3v) is 6.08. The molecule has 0 bridgehead atoms. The van der Waals surface area contributed by atoms with Crippen LogP contribution in [-0.2, 0) is 6.42 Å². The molecule has 3 rings (SSSR count).